The number of ether oxygens (including phenoxy) is 1. The molecule has 2 heterocycles. The third-order valence-corrected chi connectivity index (χ3v) is 5.51. The van der Waals surface area contributed by atoms with Gasteiger partial charge in [0.25, 0.3) is 5.91 Å². The number of rotatable bonds is 6. The van der Waals surface area contributed by atoms with Crippen molar-refractivity contribution in [2.24, 2.45) is 5.92 Å². The Balaban J connectivity index is 1.44. The monoisotopic (exact) mass is 373 g/mol. The number of aryl methyl sites for hydroxylation is 2. The maximum atomic E-state index is 12.6. The number of nitrogens with one attached hydrogen (secondary N) is 2. The van der Waals surface area contributed by atoms with Gasteiger partial charge >= 0.3 is 0 Å². The van der Waals surface area contributed by atoms with E-state index in [1.54, 1.807) is 0 Å². The predicted octanol–water partition coefficient (Wildman–Crippen LogP) is 1.79. The second-order valence-corrected chi connectivity index (χ2v) is 7.80. The molecule has 0 radical (unpaired) electrons. The van der Waals surface area contributed by atoms with Crippen LogP contribution in [-0.4, -0.2) is 55.5 Å². The lowest BCUT2D eigenvalue weighted by molar-refractivity contribution is -0.135. The summed E-state index contributed by atoms with van der Waals surface area (Å²) >= 11 is 0. The van der Waals surface area contributed by atoms with Gasteiger partial charge in [-0.15, -0.1) is 0 Å². The van der Waals surface area contributed by atoms with E-state index in [1.165, 1.54) is 0 Å². The van der Waals surface area contributed by atoms with Crippen LogP contribution in [0.2, 0.25) is 0 Å². The Labute approximate surface area is 161 Å². The molecule has 148 valence electrons. The van der Waals surface area contributed by atoms with Gasteiger partial charge < -0.3 is 20.3 Å². The number of likely N-dealkylation sites (tertiary alicyclic amines) is 1. The van der Waals surface area contributed by atoms with Gasteiger partial charge in [0.1, 0.15) is 5.75 Å². The largest absolute Gasteiger partial charge is 0.483 e. The van der Waals surface area contributed by atoms with Crippen LogP contribution in [0.25, 0.3) is 0 Å². The smallest absolute Gasteiger partial charge is 0.260 e. The van der Waals surface area contributed by atoms with Gasteiger partial charge in [0.2, 0.25) is 5.91 Å². The van der Waals surface area contributed by atoms with E-state index in [1.807, 2.05) is 36.9 Å². The molecule has 2 N–H and O–H groups in total. The lowest BCUT2D eigenvalue weighted by Gasteiger charge is -2.33. The molecule has 2 aliphatic rings. The van der Waals surface area contributed by atoms with Crippen molar-refractivity contribution in [3.8, 4) is 5.75 Å². The maximum Gasteiger partial charge on any atom is 0.260 e. The van der Waals surface area contributed by atoms with E-state index in [9.17, 15) is 9.59 Å². The third-order valence-electron chi connectivity index (χ3n) is 5.51. The van der Waals surface area contributed by atoms with Crippen molar-refractivity contribution in [3.63, 3.8) is 0 Å². The van der Waals surface area contributed by atoms with Gasteiger partial charge in [0.15, 0.2) is 6.61 Å². The number of amides is 2. The highest BCUT2D eigenvalue weighted by Crippen LogP contribution is 2.20. The Bertz CT molecular complexity index is 671. The number of hydrogen-bond donors (Lipinski definition) is 2. The third kappa shape index (κ3) is 5.45. The molecule has 0 spiro atoms. The summed E-state index contributed by atoms with van der Waals surface area (Å²) in [6.45, 7) is 7.08. The molecule has 2 saturated heterocycles. The van der Waals surface area contributed by atoms with Crippen LogP contribution >= 0.6 is 0 Å². The SMILES string of the molecule is Cc1ccc(C)c(OCC(=O)N2CCCC(CNC(=O)C3CCCN3)C2)c1. The summed E-state index contributed by atoms with van der Waals surface area (Å²) < 4.78 is 5.76. The van der Waals surface area contributed by atoms with Crippen molar-refractivity contribution in [2.75, 3.05) is 32.8 Å². The number of nitrogens with zero attached hydrogens (tertiary/aromatic N) is 1. The quantitative estimate of drug-likeness (QED) is 0.798. The zero-order valence-electron chi connectivity index (χ0n) is 16.4. The van der Waals surface area contributed by atoms with E-state index in [0.717, 1.165) is 55.6 Å². The fraction of sp³-hybridized carbons (Fsp3) is 0.619. The van der Waals surface area contributed by atoms with Crippen LogP contribution in [0.5, 0.6) is 5.75 Å². The fourth-order valence-corrected chi connectivity index (χ4v) is 3.83. The molecule has 1 aromatic rings. The van der Waals surface area contributed by atoms with E-state index in [4.69, 9.17) is 4.74 Å². The van der Waals surface area contributed by atoms with Crippen LogP contribution in [0.15, 0.2) is 18.2 Å². The predicted molar refractivity (Wildman–Crippen MR) is 105 cm³/mol. The van der Waals surface area contributed by atoms with Crippen LogP contribution in [0.3, 0.4) is 0 Å². The van der Waals surface area contributed by atoms with E-state index in [-0.39, 0.29) is 24.5 Å². The average molecular weight is 373 g/mol. The van der Waals surface area contributed by atoms with E-state index < -0.39 is 0 Å². The van der Waals surface area contributed by atoms with Crippen LogP contribution in [0, 0.1) is 19.8 Å². The molecule has 0 bridgehead atoms. The first kappa shape index (κ1) is 19.7. The highest BCUT2D eigenvalue weighted by atomic mass is 16.5. The molecule has 2 atom stereocenters. The molecule has 2 aliphatic heterocycles. The number of carbonyl (C=O) groups excluding carboxylic acids is 2. The van der Waals surface area contributed by atoms with Crippen LogP contribution < -0.4 is 15.4 Å². The highest BCUT2D eigenvalue weighted by Gasteiger charge is 2.26. The van der Waals surface area contributed by atoms with E-state index in [0.29, 0.717) is 19.0 Å². The van der Waals surface area contributed by atoms with Gasteiger partial charge in [-0.2, -0.15) is 0 Å². The zero-order chi connectivity index (χ0) is 19.2. The summed E-state index contributed by atoms with van der Waals surface area (Å²) in [7, 11) is 0. The van der Waals surface area contributed by atoms with Crippen molar-refractivity contribution in [2.45, 2.75) is 45.6 Å². The molecular formula is C21H31N3O3. The Kier molecular flexibility index (Phi) is 6.72. The van der Waals surface area contributed by atoms with Gasteiger partial charge in [-0.1, -0.05) is 12.1 Å². The zero-order valence-corrected chi connectivity index (χ0v) is 16.4. The van der Waals surface area contributed by atoms with Gasteiger partial charge in [-0.05, 0) is 69.2 Å². The van der Waals surface area contributed by atoms with Crippen LogP contribution in [0.4, 0.5) is 0 Å². The van der Waals surface area contributed by atoms with E-state index in [2.05, 4.69) is 10.6 Å². The van der Waals surface area contributed by atoms with Crippen molar-refractivity contribution in [1.29, 1.82) is 0 Å². The summed E-state index contributed by atoms with van der Waals surface area (Å²) in [6, 6.07) is 5.97. The normalized spacial score (nSPS) is 22.5. The summed E-state index contributed by atoms with van der Waals surface area (Å²) in [5.41, 5.74) is 2.15. The molecule has 0 saturated carbocycles. The number of hydrogen-bond acceptors (Lipinski definition) is 4. The topological polar surface area (TPSA) is 70.7 Å². The molecule has 6 nitrogen and oxygen atoms in total. The fourth-order valence-electron chi connectivity index (χ4n) is 3.83. The minimum Gasteiger partial charge on any atom is -0.483 e. The van der Waals surface area contributed by atoms with Gasteiger partial charge in [-0.3, -0.25) is 9.59 Å². The van der Waals surface area contributed by atoms with Gasteiger partial charge in [0.05, 0.1) is 6.04 Å². The second-order valence-electron chi connectivity index (χ2n) is 7.80. The Morgan fingerprint density at radius 3 is 2.89 bits per heavy atom. The molecule has 2 unspecified atom stereocenters. The molecule has 0 aliphatic carbocycles. The second kappa shape index (κ2) is 9.22. The first-order chi connectivity index (χ1) is 13.0. The van der Waals surface area contributed by atoms with Crippen LogP contribution in [0.1, 0.15) is 36.8 Å². The van der Waals surface area contributed by atoms with E-state index >= 15 is 0 Å². The maximum absolute atomic E-state index is 12.6. The van der Waals surface area contributed by atoms with Crippen LogP contribution in [-0.2, 0) is 9.59 Å². The summed E-state index contributed by atoms with van der Waals surface area (Å²) in [5.74, 6) is 1.19. The van der Waals surface area contributed by atoms with Crippen molar-refractivity contribution in [3.05, 3.63) is 29.3 Å². The first-order valence-electron chi connectivity index (χ1n) is 10.0. The highest BCUT2D eigenvalue weighted by molar-refractivity contribution is 5.82. The summed E-state index contributed by atoms with van der Waals surface area (Å²) in [4.78, 5) is 26.6. The molecule has 2 amide bonds. The van der Waals surface area contributed by atoms with Crippen molar-refractivity contribution >= 4 is 11.8 Å². The van der Waals surface area contributed by atoms with Crippen molar-refractivity contribution in [1.82, 2.24) is 15.5 Å². The van der Waals surface area contributed by atoms with Gasteiger partial charge in [0, 0.05) is 19.6 Å². The summed E-state index contributed by atoms with van der Waals surface area (Å²) in [5, 5.41) is 6.27. The number of benzene rings is 1. The average Bonchev–Trinajstić information content (AvgIpc) is 3.21. The number of piperidine rings is 1. The molecule has 3 rings (SSSR count). The number of carbonyl (C=O) groups is 2. The molecule has 1 aromatic carbocycles. The molecular weight excluding hydrogens is 342 g/mol. The lowest BCUT2D eigenvalue weighted by Crippen LogP contribution is -2.47. The molecule has 2 fully saturated rings. The minimum absolute atomic E-state index is 0.0180. The Morgan fingerprint density at radius 1 is 1.26 bits per heavy atom. The molecule has 6 heteroatoms. The molecule has 27 heavy (non-hydrogen) atoms. The Morgan fingerprint density at radius 2 is 2.11 bits per heavy atom. The van der Waals surface area contributed by atoms with Crippen molar-refractivity contribution < 1.29 is 14.3 Å². The lowest BCUT2D eigenvalue weighted by atomic mass is 9.97. The minimum atomic E-state index is -0.0442. The summed E-state index contributed by atoms with van der Waals surface area (Å²) in [6.07, 6.45) is 3.98. The van der Waals surface area contributed by atoms with Gasteiger partial charge in [-0.25, -0.2) is 0 Å². The molecule has 0 aromatic heterocycles. The Hall–Kier alpha value is -2.08. The first-order valence-corrected chi connectivity index (χ1v) is 10.0. The standard InChI is InChI=1S/C21H31N3O3/c1-15-7-8-16(2)19(11-15)27-14-20(25)24-10-4-5-17(13-24)12-23-21(26)18-6-3-9-22-18/h7-8,11,17-18,22H,3-6,9-10,12-14H2,1-2H3,(H,23,26).